The van der Waals surface area contributed by atoms with Crippen molar-refractivity contribution in [1.82, 2.24) is 9.80 Å². The van der Waals surface area contributed by atoms with Gasteiger partial charge in [-0.25, -0.2) is 4.79 Å². The molecule has 1 atom stereocenters. The van der Waals surface area contributed by atoms with Gasteiger partial charge in [-0.2, -0.15) is 0 Å². The summed E-state index contributed by atoms with van der Waals surface area (Å²) < 4.78 is 5.42. The van der Waals surface area contributed by atoms with Crippen LogP contribution in [0, 0.1) is 11.8 Å². The summed E-state index contributed by atoms with van der Waals surface area (Å²) in [6.07, 6.45) is 1.53. The van der Waals surface area contributed by atoms with Crippen LogP contribution in [0.2, 0.25) is 0 Å². The van der Waals surface area contributed by atoms with E-state index in [9.17, 15) is 9.59 Å². The predicted octanol–water partition coefficient (Wildman–Crippen LogP) is 2.47. The van der Waals surface area contributed by atoms with Crippen molar-refractivity contribution in [3.8, 4) is 0 Å². The minimum atomic E-state index is -0.466. The van der Waals surface area contributed by atoms with E-state index < -0.39 is 11.6 Å². The summed E-state index contributed by atoms with van der Waals surface area (Å²) in [6.45, 7) is 14.3. The summed E-state index contributed by atoms with van der Waals surface area (Å²) in [5, 5.41) is 0. The second-order valence-corrected chi connectivity index (χ2v) is 8.06. The molecule has 0 aromatic carbocycles. The zero-order valence-electron chi connectivity index (χ0n) is 16.2. The smallest absolute Gasteiger partial charge is 0.410 e. The van der Waals surface area contributed by atoms with Gasteiger partial charge in [0.2, 0.25) is 5.91 Å². The first-order valence-corrected chi connectivity index (χ1v) is 9.07. The number of carbonyl (C=O) groups excluding carboxylic acids is 2. The summed E-state index contributed by atoms with van der Waals surface area (Å²) in [7, 11) is 0. The highest BCUT2D eigenvalue weighted by Crippen LogP contribution is 2.21. The van der Waals surface area contributed by atoms with E-state index in [-0.39, 0.29) is 17.9 Å². The maximum Gasteiger partial charge on any atom is 0.410 e. The molecule has 2 N–H and O–H groups in total. The van der Waals surface area contributed by atoms with Crippen LogP contribution >= 0.6 is 0 Å². The molecule has 1 saturated heterocycles. The van der Waals surface area contributed by atoms with Gasteiger partial charge >= 0.3 is 6.09 Å². The number of rotatable bonds is 5. The van der Waals surface area contributed by atoms with Gasteiger partial charge in [0.1, 0.15) is 5.60 Å². The number of nitrogens with two attached hydrogens (primary N) is 1. The summed E-state index contributed by atoms with van der Waals surface area (Å²) in [4.78, 5) is 28.2. The molecule has 140 valence electrons. The molecule has 0 aliphatic carbocycles. The molecule has 1 fully saturated rings. The topological polar surface area (TPSA) is 75.9 Å². The normalized spacial score (nSPS) is 17.8. The standard InChI is InChI=1S/C18H35N3O3/c1-7-20(16(22)15(19)13(2)3)12-14-8-10-21(11-9-14)17(23)24-18(4,5)6/h13-15H,7-12,19H2,1-6H3. The predicted molar refractivity (Wildman–Crippen MR) is 95.6 cm³/mol. The number of nitrogens with zero attached hydrogens (tertiary/aromatic N) is 2. The zero-order valence-corrected chi connectivity index (χ0v) is 16.2. The maximum absolute atomic E-state index is 12.4. The molecule has 6 heteroatoms. The lowest BCUT2D eigenvalue weighted by atomic mass is 9.95. The second-order valence-electron chi connectivity index (χ2n) is 8.06. The van der Waals surface area contributed by atoms with Gasteiger partial charge in [0, 0.05) is 26.2 Å². The van der Waals surface area contributed by atoms with Gasteiger partial charge in [0.25, 0.3) is 0 Å². The van der Waals surface area contributed by atoms with E-state index in [1.165, 1.54) is 0 Å². The molecule has 0 aromatic rings. The van der Waals surface area contributed by atoms with Gasteiger partial charge in [-0.3, -0.25) is 4.79 Å². The lowest BCUT2D eigenvalue weighted by Gasteiger charge is -2.36. The number of amides is 2. The van der Waals surface area contributed by atoms with Crippen LogP contribution in [-0.2, 0) is 9.53 Å². The summed E-state index contributed by atoms with van der Waals surface area (Å²) in [6, 6.07) is -0.438. The van der Waals surface area contributed by atoms with Crippen LogP contribution in [-0.4, -0.2) is 59.6 Å². The first kappa shape index (κ1) is 20.7. The fraction of sp³-hybridized carbons (Fsp3) is 0.889. The fourth-order valence-electron chi connectivity index (χ4n) is 2.81. The number of hydrogen-bond donors (Lipinski definition) is 1. The lowest BCUT2D eigenvalue weighted by molar-refractivity contribution is -0.134. The van der Waals surface area contributed by atoms with E-state index in [1.807, 2.05) is 46.4 Å². The third-order valence-electron chi connectivity index (χ3n) is 4.44. The highest BCUT2D eigenvalue weighted by molar-refractivity contribution is 5.81. The first-order chi connectivity index (χ1) is 11.0. The average Bonchev–Trinajstić information content (AvgIpc) is 2.49. The SMILES string of the molecule is CCN(CC1CCN(C(=O)OC(C)(C)C)CC1)C(=O)C(N)C(C)C. The molecule has 0 spiro atoms. The Labute approximate surface area is 146 Å². The molecule has 0 radical (unpaired) electrons. The molecule has 24 heavy (non-hydrogen) atoms. The molecule has 6 nitrogen and oxygen atoms in total. The average molecular weight is 341 g/mol. The van der Waals surface area contributed by atoms with Gasteiger partial charge in [-0.05, 0) is 52.4 Å². The summed E-state index contributed by atoms with van der Waals surface area (Å²) in [5.74, 6) is 0.578. The van der Waals surface area contributed by atoms with Crippen LogP contribution in [0.4, 0.5) is 4.79 Å². The van der Waals surface area contributed by atoms with E-state index in [2.05, 4.69) is 0 Å². The molecular formula is C18H35N3O3. The van der Waals surface area contributed by atoms with E-state index in [4.69, 9.17) is 10.5 Å². The van der Waals surface area contributed by atoms with Crippen molar-refractivity contribution in [2.45, 2.75) is 66.0 Å². The second kappa shape index (κ2) is 8.70. The number of hydrogen-bond acceptors (Lipinski definition) is 4. The maximum atomic E-state index is 12.4. The van der Waals surface area contributed by atoms with Crippen molar-refractivity contribution in [3.05, 3.63) is 0 Å². The molecule has 2 amide bonds. The zero-order chi connectivity index (χ0) is 18.5. The Balaban J connectivity index is 2.49. The van der Waals surface area contributed by atoms with E-state index in [0.29, 0.717) is 25.6 Å². The highest BCUT2D eigenvalue weighted by Gasteiger charge is 2.29. The van der Waals surface area contributed by atoms with Crippen LogP contribution in [0.5, 0.6) is 0 Å². The number of likely N-dealkylation sites (tertiary alicyclic amines) is 1. The Hall–Kier alpha value is -1.30. The third kappa shape index (κ3) is 6.30. The van der Waals surface area contributed by atoms with Gasteiger partial charge < -0.3 is 20.3 Å². The van der Waals surface area contributed by atoms with Crippen molar-refractivity contribution < 1.29 is 14.3 Å². The van der Waals surface area contributed by atoms with Crippen molar-refractivity contribution in [2.75, 3.05) is 26.2 Å². The highest BCUT2D eigenvalue weighted by atomic mass is 16.6. The summed E-state index contributed by atoms with van der Waals surface area (Å²) >= 11 is 0. The minimum Gasteiger partial charge on any atom is -0.444 e. The van der Waals surface area contributed by atoms with E-state index >= 15 is 0 Å². The number of likely N-dealkylation sites (N-methyl/N-ethyl adjacent to an activating group) is 1. The molecule has 0 aromatic heterocycles. The molecule has 1 aliphatic rings. The Morgan fingerprint density at radius 3 is 2.21 bits per heavy atom. The van der Waals surface area contributed by atoms with Crippen LogP contribution in [0.25, 0.3) is 0 Å². The minimum absolute atomic E-state index is 0.0297. The fourth-order valence-corrected chi connectivity index (χ4v) is 2.81. The molecular weight excluding hydrogens is 306 g/mol. The Kier molecular flexibility index (Phi) is 7.52. The van der Waals surface area contributed by atoms with E-state index in [0.717, 1.165) is 19.4 Å². The largest absolute Gasteiger partial charge is 0.444 e. The molecule has 1 unspecified atom stereocenters. The number of piperidine rings is 1. The van der Waals surface area contributed by atoms with Gasteiger partial charge in [0.15, 0.2) is 0 Å². The molecule has 0 saturated carbocycles. The van der Waals surface area contributed by atoms with Crippen LogP contribution in [0.15, 0.2) is 0 Å². The Morgan fingerprint density at radius 1 is 1.25 bits per heavy atom. The summed E-state index contributed by atoms with van der Waals surface area (Å²) in [5.41, 5.74) is 5.54. The molecule has 1 rings (SSSR count). The van der Waals surface area contributed by atoms with Gasteiger partial charge in [-0.1, -0.05) is 13.8 Å². The quantitative estimate of drug-likeness (QED) is 0.833. The first-order valence-electron chi connectivity index (χ1n) is 9.07. The van der Waals surface area contributed by atoms with Crippen molar-refractivity contribution in [3.63, 3.8) is 0 Å². The van der Waals surface area contributed by atoms with Crippen LogP contribution in [0.1, 0.15) is 54.4 Å². The molecule has 1 heterocycles. The van der Waals surface area contributed by atoms with Crippen LogP contribution in [0.3, 0.4) is 0 Å². The molecule has 1 aliphatic heterocycles. The van der Waals surface area contributed by atoms with Crippen molar-refractivity contribution in [2.24, 2.45) is 17.6 Å². The van der Waals surface area contributed by atoms with Crippen molar-refractivity contribution >= 4 is 12.0 Å². The van der Waals surface area contributed by atoms with Gasteiger partial charge in [0.05, 0.1) is 6.04 Å². The monoisotopic (exact) mass is 341 g/mol. The van der Waals surface area contributed by atoms with Crippen molar-refractivity contribution in [1.29, 1.82) is 0 Å². The Bertz CT molecular complexity index is 424. The number of carbonyl (C=O) groups is 2. The molecule has 0 bridgehead atoms. The van der Waals surface area contributed by atoms with Crippen LogP contribution < -0.4 is 5.73 Å². The number of ether oxygens (including phenoxy) is 1. The van der Waals surface area contributed by atoms with Gasteiger partial charge in [-0.15, -0.1) is 0 Å². The third-order valence-corrected chi connectivity index (χ3v) is 4.44. The lowest BCUT2D eigenvalue weighted by Crippen LogP contribution is -2.49. The Morgan fingerprint density at radius 2 is 1.79 bits per heavy atom. The van der Waals surface area contributed by atoms with E-state index in [1.54, 1.807) is 4.90 Å².